The number of rotatable bonds is 5. The van der Waals surface area contributed by atoms with E-state index in [-0.39, 0.29) is 28.9 Å². The lowest BCUT2D eigenvalue weighted by molar-refractivity contribution is -0.138. The summed E-state index contributed by atoms with van der Waals surface area (Å²) in [5, 5.41) is 12.5. The number of nitrogens with zero attached hydrogens (tertiary/aromatic N) is 3. The topological polar surface area (TPSA) is 102 Å². The highest BCUT2D eigenvalue weighted by atomic mass is 19.4. The van der Waals surface area contributed by atoms with Crippen LogP contribution in [0.1, 0.15) is 48.5 Å². The van der Waals surface area contributed by atoms with E-state index in [4.69, 9.17) is 0 Å². The zero-order valence-electron chi connectivity index (χ0n) is 23.0. The predicted molar refractivity (Wildman–Crippen MR) is 152 cm³/mol. The van der Waals surface area contributed by atoms with Gasteiger partial charge in [-0.2, -0.15) is 13.2 Å². The zero-order chi connectivity index (χ0) is 30.0. The molecule has 42 heavy (non-hydrogen) atoms. The van der Waals surface area contributed by atoms with Crippen molar-refractivity contribution >= 4 is 28.5 Å². The summed E-state index contributed by atoms with van der Waals surface area (Å²) >= 11 is 0. The van der Waals surface area contributed by atoms with Crippen LogP contribution in [0.4, 0.5) is 18.9 Å². The van der Waals surface area contributed by atoms with Crippen LogP contribution in [0.15, 0.2) is 55.0 Å². The van der Waals surface area contributed by atoms with Crippen LogP contribution in [0, 0.1) is 18.8 Å². The van der Waals surface area contributed by atoms with Crippen molar-refractivity contribution in [2.75, 3.05) is 38.5 Å². The first kappa shape index (κ1) is 28.9. The summed E-state index contributed by atoms with van der Waals surface area (Å²) in [4.78, 5) is 35.8. The number of piperazine rings is 1. The van der Waals surface area contributed by atoms with Crippen molar-refractivity contribution in [3.63, 3.8) is 0 Å². The number of anilines is 1. The van der Waals surface area contributed by atoms with Gasteiger partial charge in [-0.25, -0.2) is 4.79 Å². The van der Waals surface area contributed by atoms with Gasteiger partial charge in [0, 0.05) is 67.3 Å². The van der Waals surface area contributed by atoms with E-state index in [2.05, 4.69) is 32.0 Å². The van der Waals surface area contributed by atoms with Crippen LogP contribution in [-0.4, -0.2) is 70.0 Å². The minimum absolute atomic E-state index is 0.0362. The number of halogens is 3. The maximum absolute atomic E-state index is 14.0. The Morgan fingerprint density at radius 3 is 2.50 bits per heavy atom. The number of alkyl halides is 3. The normalized spacial score (nSPS) is 14.4. The highest BCUT2D eigenvalue weighted by Crippen LogP contribution is 2.35. The van der Waals surface area contributed by atoms with Gasteiger partial charge in [0.05, 0.1) is 28.4 Å². The number of pyridine rings is 1. The number of hydrogen-bond donors (Lipinski definition) is 3. The second-order valence-corrected chi connectivity index (χ2v) is 10.3. The monoisotopic (exact) mass is 575 g/mol. The van der Waals surface area contributed by atoms with Crippen molar-refractivity contribution < 1.29 is 27.9 Å². The molecule has 11 heteroatoms. The van der Waals surface area contributed by atoms with Crippen molar-refractivity contribution in [2.45, 2.75) is 19.6 Å². The van der Waals surface area contributed by atoms with Crippen LogP contribution >= 0.6 is 0 Å². The number of hydrogen-bond acceptors (Lipinski definition) is 5. The van der Waals surface area contributed by atoms with Gasteiger partial charge >= 0.3 is 12.1 Å². The van der Waals surface area contributed by atoms with Gasteiger partial charge in [0.15, 0.2) is 0 Å². The number of aromatic nitrogens is 2. The fourth-order valence-corrected chi connectivity index (χ4v) is 4.88. The molecule has 3 heterocycles. The van der Waals surface area contributed by atoms with Gasteiger partial charge in [-0.1, -0.05) is 24.0 Å². The standard InChI is InChI=1S/C31H28F3N5O3/c1-19-3-4-21(13-20(19)5-6-22-15-35-17-27-28(22)25(16-36-27)30(41)42)29(40)37-24-8-7-23(26(14-24)31(32,33)34)18-39-11-9-38(2)10-12-39/h3-4,7-8,13-17,36H,9-12,18H2,1-2H3,(H,37,40)(H,41,42). The number of carboxylic acids is 1. The van der Waals surface area contributed by atoms with Crippen LogP contribution in [-0.2, 0) is 12.7 Å². The number of aromatic amines is 1. The molecule has 8 nitrogen and oxygen atoms in total. The van der Waals surface area contributed by atoms with Crippen molar-refractivity contribution in [3.05, 3.63) is 93.9 Å². The van der Waals surface area contributed by atoms with E-state index in [0.717, 1.165) is 24.7 Å². The number of aryl methyl sites for hydroxylation is 1. The first-order valence-electron chi connectivity index (χ1n) is 13.2. The number of aromatic carboxylic acids is 1. The number of benzene rings is 2. The second-order valence-electron chi connectivity index (χ2n) is 10.3. The molecule has 0 atom stereocenters. The van der Waals surface area contributed by atoms with E-state index >= 15 is 0 Å². The molecule has 4 aromatic rings. The minimum atomic E-state index is -4.58. The molecule has 2 aromatic carbocycles. The van der Waals surface area contributed by atoms with Gasteiger partial charge in [-0.3, -0.25) is 14.7 Å². The number of fused-ring (bicyclic) bond motifs is 1. The quantitative estimate of drug-likeness (QED) is 0.290. The van der Waals surface area contributed by atoms with Crippen molar-refractivity contribution in [1.82, 2.24) is 19.8 Å². The highest BCUT2D eigenvalue weighted by Gasteiger charge is 2.34. The lowest BCUT2D eigenvalue weighted by Gasteiger charge is -2.33. The van der Waals surface area contributed by atoms with E-state index in [0.29, 0.717) is 35.1 Å². The Hall–Kier alpha value is -4.66. The smallest absolute Gasteiger partial charge is 0.416 e. The lowest BCUT2D eigenvalue weighted by atomic mass is 10.0. The predicted octanol–water partition coefficient (Wildman–Crippen LogP) is 4.99. The summed E-state index contributed by atoms with van der Waals surface area (Å²) in [5.41, 5.74) is 1.89. The molecule has 1 saturated heterocycles. The first-order chi connectivity index (χ1) is 20.0. The van der Waals surface area contributed by atoms with E-state index in [9.17, 15) is 27.9 Å². The van der Waals surface area contributed by atoms with Gasteiger partial charge in [-0.15, -0.1) is 0 Å². The molecule has 216 valence electrons. The largest absolute Gasteiger partial charge is 0.478 e. The third-order valence-electron chi connectivity index (χ3n) is 7.31. The SMILES string of the molecule is Cc1ccc(C(=O)Nc2ccc(CN3CCN(C)CC3)c(C(F)(F)F)c2)cc1C#Cc1cncc2[nH]cc(C(=O)O)c12. The number of likely N-dealkylation sites (N-methyl/N-ethyl adjacent to an activating group) is 1. The molecule has 3 N–H and O–H groups in total. The number of amides is 1. The summed E-state index contributed by atoms with van der Waals surface area (Å²) in [6.07, 6.45) is -0.231. The Labute approximate surface area is 240 Å². The molecule has 5 rings (SSSR count). The molecule has 0 unspecified atom stereocenters. The average molecular weight is 576 g/mol. The lowest BCUT2D eigenvalue weighted by Crippen LogP contribution is -2.44. The Kier molecular flexibility index (Phi) is 8.02. The Morgan fingerprint density at radius 2 is 1.79 bits per heavy atom. The van der Waals surface area contributed by atoms with E-state index in [1.54, 1.807) is 25.1 Å². The fourth-order valence-electron chi connectivity index (χ4n) is 4.88. The molecule has 1 aliphatic rings. The maximum Gasteiger partial charge on any atom is 0.416 e. The summed E-state index contributed by atoms with van der Waals surface area (Å²) in [6.45, 7) is 4.93. The second kappa shape index (κ2) is 11.7. The zero-order valence-corrected chi connectivity index (χ0v) is 23.0. The Morgan fingerprint density at radius 1 is 1.05 bits per heavy atom. The minimum Gasteiger partial charge on any atom is -0.478 e. The van der Waals surface area contributed by atoms with E-state index in [1.165, 1.54) is 30.7 Å². The molecule has 0 spiro atoms. The maximum atomic E-state index is 14.0. The third kappa shape index (κ3) is 6.30. The number of carboxylic acid groups (broad SMARTS) is 1. The van der Waals surface area contributed by atoms with Crippen LogP contribution in [0.25, 0.3) is 10.9 Å². The summed E-state index contributed by atoms with van der Waals surface area (Å²) in [7, 11) is 1.98. The summed E-state index contributed by atoms with van der Waals surface area (Å²) < 4.78 is 41.9. The summed E-state index contributed by atoms with van der Waals surface area (Å²) in [5.74, 6) is 4.24. The number of H-pyrrole nitrogens is 1. The Bertz CT molecular complexity index is 1730. The molecule has 0 bridgehead atoms. The van der Waals surface area contributed by atoms with Crippen LogP contribution in [0.3, 0.4) is 0 Å². The van der Waals surface area contributed by atoms with E-state index < -0.39 is 23.6 Å². The molecule has 1 amide bonds. The molecule has 0 aliphatic carbocycles. The van der Waals surface area contributed by atoms with Gasteiger partial charge in [0.25, 0.3) is 5.91 Å². The highest BCUT2D eigenvalue weighted by molar-refractivity contribution is 6.06. The van der Waals surface area contributed by atoms with Gasteiger partial charge in [0.2, 0.25) is 0 Å². The molecule has 1 aliphatic heterocycles. The van der Waals surface area contributed by atoms with Crippen LogP contribution in [0.2, 0.25) is 0 Å². The van der Waals surface area contributed by atoms with Crippen LogP contribution < -0.4 is 5.32 Å². The van der Waals surface area contributed by atoms with Gasteiger partial charge in [-0.05, 0) is 49.4 Å². The van der Waals surface area contributed by atoms with Gasteiger partial charge in [0.1, 0.15) is 0 Å². The van der Waals surface area contributed by atoms with Crippen molar-refractivity contribution in [3.8, 4) is 11.8 Å². The molecular formula is C31H28F3N5O3. The molecule has 1 fully saturated rings. The summed E-state index contributed by atoms with van der Waals surface area (Å²) in [6, 6.07) is 8.69. The number of carbonyl (C=O) groups excluding carboxylic acids is 1. The average Bonchev–Trinajstić information content (AvgIpc) is 3.39. The Balaban J connectivity index is 1.38. The molecule has 0 saturated carbocycles. The first-order valence-corrected chi connectivity index (χ1v) is 13.2. The third-order valence-corrected chi connectivity index (χ3v) is 7.31. The fraction of sp³-hybridized carbons (Fsp3) is 0.258. The van der Waals surface area contributed by atoms with Crippen molar-refractivity contribution in [2.24, 2.45) is 0 Å². The number of carbonyl (C=O) groups is 2. The van der Waals surface area contributed by atoms with E-state index in [1.807, 2.05) is 11.9 Å². The van der Waals surface area contributed by atoms with Crippen LogP contribution in [0.5, 0.6) is 0 Å². The van der Waals surface area contributed by atoms with Gasteiger partial charge < -0.3 is 20.3 Å². The van der Waals surface area contributed by atoms with Crippen molar-refractivity contribution in [1.29, 1.82) is 0 Å². The molecule has 0 radical (unpaired) electrons. The molecular weight excluding hydrogens is 547 g/mol. The molecule has 2 aromatic heterocycles. The number of nitrogens with one attached hydrogen (secondary N) is 2.